The summed E-state index contributed by atoms with van der Waals surface area (Å²) < 4.78 is 5.57. The molecule has 0 atom stereocenters. The van der Waals surface area contributed by atoms with E-state index in [0.29, 0.717) is 12.8 Å². The van der Waals surface area contributed by atoms with Gasteiger partial charge in [0.1, 0.15) is 11.1 Å². The van der Waals surface area contributed by atoms with Gasteiger partial charge in [0.15, 0.2) is 0 Å². The minimum Gasteiger partial charge on any atom is -0.480 e. The van der Waals surface area contributed by atoms with Crippen molar-refractivity contribution in [2.75, 3.05) is 0 Å². The number of benzene rings is 1. The summed E-state index contributed by atoms with van der Waals surface area (Å²) in [6.45, 7) is 0. The van der Waals surface area contributed by atoms with Gasteiger partial charge in [0, 0.05) is 10.9 Å². The van der Waals surface area contributed by atoms with Crippen LogP contribution in [0, 0.1) is 0 Å². The van der Waals surface area contributed by atoms with Crippen LogP contribution in [0.25, 0.3) is 11.0 Å². The molecule has 2 aliphatic carbocycles. The summed E-state index contributed by atoms with van der Waals surface area (Å²) in [6, 6.07) is 4.19. The number of carboxylic acid groups (broad SMARTS) is 1. The molecule has 1 heterocycles. The van der Waals surface area contributed by atoms with E-state index in [1.54, 1.807) is 6.26 Å². The Balaban J connectivity index is 1.57. The molecule has 1 aromatic heterocycles. The lowest BCUT2D eigenvalue weighted by atomic mass is 10.0. The van der Waals surface area contributed by atoms with Gasteiger partial charge < -0.3 is 14.8 Å². The molecule has 4 rings (SSSR count). The highest BCUT2D eigenvalue weighted by atomic mass is 16.4. The molecule has 0 unspecified atom stereocenters. The molecule has 1 aromatic carbocycles. The van der Waals surface area contributed by atoms with E-state index in [4.69, 9.17) is 9.52 Å². The summed E-state index contributed by atoms with van der Waals surface area (Å²) in [5.74, 6) is -1.21. The van der Waals surface area contributed by atoms with Gasteiger partial charge in [-0.25, -0.2) is 4.79 Å². The zero-order chi connectivity index (χ0) is 15.3. The Kier molecular flexibility index (Phi) is 2.79. The largest absolute Gasteiger partial charge is 0.480 e. The Morgan fingerprint density at radius 3 is 2.64 bits per heavy atom. The lowest BCUT2D eigenvalue weighted by Gasteiger charge is -2.11. The highest BCUT2D eigenvalue weighted by Crippen LogP contribution is 2.36. The molecule has 0 saturated heterocycles. The van der Waals surface area contributed by atoms with Crippen LogP contribution in [0.5, 0.6) is 0 Å². The average Bonchev–Trinajstić information content (AvgIpc) is 2.96. The monoisotopic (exact) mass is 299 g/mol. The predicted octanol–water partition coefficient (Wildman–Crippen LogP) is 2.20. The number of nitrogens with one attached hydrogen (secondary N) is 1. The Morgan fingerprint density at radius 2 is 1.95 bits per heavy atom. The fourth-order valence-corrected chi connectivity index (χ4v) is 3.29. The van der Waals surface area contributed by atoms with Gasteiger partial charge >= 0.3 is 5.97 Å². The molecule has 114 valence electrons. The van der Waals surface area contributed by atoms with Gasteiger partial charge in [-0.2, -0.15) is 0 Å². The molecule has 0 spiro atoms. The average molecular weight is 299 g/mol. The third-order valence-electron chi connectivity index (χ3n) is 4.76. The van der Waals surface area contributed by atoms with Crippen LogP contribution in [0.3, 0.4) is 0 Å². The van der Waals surface area contributed by atoms with E-state index in [9.17, 15) is 9.59 Å². The SMILES string of the molecule is O=C(Cc1coc2cc3c(cc12)CCC3)NC1(C(=O)O)CC1. The van der Waals surface area contributed by atoms with Gasteiger partial charge in [0.25, 0.3) is 0 Å². The smallest absolute Gasteiger partial charge is 0.329 e. The van der Waals surface area contributed by atoms with Crippen molar-refractivity contribution in [3.05, 3.63) is 35.1 Å². The molecular formula is C17H17NO4. The van der Waals surface area contributed by atoms with E-state index in [0.717, 1.165) is 29.4 Å². The maximum Gasteiger partial charge on any atom is 0.329 e. The minimum atomic E-state index is -1.03. The zero-order valence-electron chi connectivity index (χ0n) is 12.1. The lowest BCUT2D eigenvalue weighted by molar-refractivity contribution is -0.143. The predicted molar refractivity (Wildman–Crippen MR) is 79.7 cm³/mol. The Bertz CT molecular complexity index is 785. The van der Waals surface area contributed by atoms with Crippen molar-refractivity contribution in [3.8, 4) is 0 Å². The highest BCUT2D eigenvalue weighted by Gasteiger charge is 2.51. The first-order valence-corrected chi connectivity index (χ1v) is 7.64. The molecule has 2 aromatic rings. The number of aryl methyl sites for hydroxylation is 2. The van der Waals surface area contributed by atoms with Crippen LogP contribution in [0.4, 0.5) is 0 Å². The van der Waals surface area contributed by atoms with Gasteiger partial charge in [-0.15, -0.1) is 0 Å². The zero-order valence-corrected chi connectivity index (χ0v) is 12.1. The maximum atomic E-state index is 12.1. The second-order valence-electron chi connectivity index (χ2n) is 6.34. The molecule has 1 amide bonds. The van der Waals surface area contributed by atoms with Crippen LogP contribution >= 0.6 is 0 Å². The summed E-state index contributed by atoms with van der Waals surface area (Å²) in [5.41, 5.74) is 3.27. The van der Waals surface area contributed by atoms with Crippen molar-refractivity contribution in [2.45, 2.75) is 44.1 Å². The number of aliphatic carboxylic acids is 1. The molecule has 2 N–H and O–H groups in total. The minimum absolute atomic E-state index is 0.154. The number of rotatable bonds is 4. The summed E-state index contributed by atoms with van der Waals surface area (Å²) >= 11 is 0. The van der Waals surface area contributed by atoms with Gasteiger partial charge in [0.05, 0.1) is 12.7 Å². The number of hydrogen-bond donors (Lipinski definition) is 2. The topological polar surface area (TPSA) is 79.5 Å². The number of carbonyl (C=O) groups is 2. The van der Waals surface area contributed by atoms with Crippen molar-refractivity contribution in [2.24, 2.45) is 0 Å². The molecule has 22 heavy (non-hydrogen) atoms. The number of fused-ring (bicyclic) bond motifs is 2. The van der Waals surface area contributed by atoms with Gasteiger partial charge in [-0.05, 0) is 55.4 Å². The number of furan rings is 1. The summed E-state index contributed by atoms with van der Waals surface area (Å²) in [4.78, 5) is 23.3. The van der Waals surface area contributed by atoms with Crippen molar-refractivity contribution < 1.29 is 19.1 Å². The molecule has 5 nitrogen and oxygen atoms in total. The normalized spacial score (nSPS) is 18.2. The van der Waals surface area contributed by atoms with Crippen molar-refractivity contribution in [1.82, 2.24) is 5.32 Å². The standard InChI is InChI=1S/C17H17NO4/c19-15(18-17(4-5-17)16(20)21)8-12-9-22-14-7-11-3-1-2-10(11)6-13(12)14/h6-7,9H,1-5,8H2,(H,18,19)(H,20,21). The first-order chi connectivity index (χ1) is 10.6. The van der Waals surface area contributed by atoms with E-state index >= 15 is 0 Å². The number of carbonyl (C=O) groups excluding carboxylic acids is 1. The molecule has 1 saturated carbocycles. The van der Waals surface area contributed by atoms with E-state index in [1.165, 1.54) is 17.5 Å². The molecule has 0 aliphatic heterocycles. The van der Waals surface area contributed by atoms with Crippen LogP contribution in [-0.2, 0) is 28.9 Å². The van der Waals surface area contributed by atoms with Crippen molar-refractivity contribution >= 4 is 22.8 Å². The number of hydrogen-bond acceptors (Lipinski definition) is 3. The van der Waals surface area contributed by atoms with Crippen LogP contribution in [0.2, 0.25) is 0 Å². The highest BCUT2D eigenvalue weighted by molar-refractivity contribution is 5.93. The lowest BCUT2D eigenvalue weighted by Crippen LogP contribution is -2.43. The Labute approximate surface area is 127 Å². The van der Waals surface area contributed by atoms with Crippen molar-refractivity contribution in [3.63, 3.8) is 0 Å². The van der Waals surface area contributed by atoms with E-state index < -0.39 is 11.5 Å². The Hall–Kier alpha value is -2.30. The summed E-state index contributed by atoms with van der Waals surface area (Å²) in [6.07, 6.45) is 6.11. The van der Waals surface area contributed by atoms with Crippen LogP contribution in [0.1, 0.15) is 36.0 Å². The third-order valence-corrected chi connectivity index (χ3v) is 4.76. The fourth-order valence-electron chi connectivity index (χ4n) is 3.29. The third kappa shape index (κ3) is 2.08. The summed E-state index contributed by atoms with van der Waals surface area (Å²) in [7, 11) is 0. The molecule has 0 radical (unpaired) electrons. The van der Waals surface area contributed by atoms with Gasteiger partial charge in [0.2, 0.25) is 5.91 Å². The maximum absolute atomic E-state index is 12.1. The van der Waals surface area contributed by atoms with Gasteiger partial charge in [-0.3, -0.25) is 4.79 Å². The fraction of sp³-hybridized carbons (Fsp3) is 0.412. The van der Waals surface area contributed by atoms with Crippen LogP contribution in [-0.4, -0.2) is 22.5 Å². The number of carboxylic acids is 1. The van der Waals surface area contributed by atoms with E-state index in [-0.39, 0.29) is 12.3 Å². The Morgan fingerprint density at radius 1 is 1.23 bits per heavy atom. The van der Waals surface area contributed by atoms with Crippen LogP contribution in [0.15, 0.2) is 22.8 Å². The first kappa shape index (κ1) is 13.4. The molecule has 2 aliphatic rings. The summed E-state index contributed by atoms with van der Waals surface area (Å²) in [5, 5.41) is 12.7. The van der Waals surface area contributed by atoms with E-state index in [1.807, 2.05) is 0 Å². The second-order valence-corrected chi connectivity index (χ2v) is 6.34. The second kappa shape index (κ2) is 4.60. The molecule has 0 bridgehead atoms. The van der Waals surface area contributed by atoms with Gasteiger partial charge in [-0.1, -0.05) is 0 Å². The number of amides is 1. The molecular weight excluding hydrogens is 282 g/mol. The first-order valence-electron chi connectivity index (χ1n) is 7.64. The van der Waals surface area contributed by atoms with E-state index in [2.05, 4.69) is 17.4 Å². The van der Waals surface area contributed by atoms with Crippen LogP contribution < -0.4 is 5.32 Å². The molecule has 5 heteroatoms. The quantitative estimate of drug-likeness (QED) is 0.907. The molecule has 1 fully saturated rings. The van der Waals surface area contributed by atoms with Crippen molar-refractivity contribution in [1.29, 1.82) is 0 Å².